The van der Waals surface area contributed by atoms with E-state index in [1.807, 2.05) is 22.7 Å². The van der Waals surface area contributed by atoms with E-state index < -0.39 is 0 Å². The highest BCUT2D eigenvalue weighted by Gasteiger charge is 2.00. The van der Waals surface area contributed by atoms with Crippen LogP contribution >= 0.6 is 22.7 Å². The van der Waals surface area contributed by atoms with Crippen molar-refractivity contribution >= 4 is 34.8 Å². The van der Waals surface area contributed by atoms with Crippen molar-refractivity contribution < 1.29 is 0 Å². The minimum Gasteiger partial charge on any atom is -0.144 e. The van der Waals surface area contributed by atoms with Crippen molar-refractivity contribution in [2.45, 2.75) is 26.7 Å². The van der Waals surface area contributed by atoms with E-state index in [2.05, 4.69) is 48.9 Å². The highest BCUT2D eigenvalue weighted by molar-refractivity contribution is 7.12. The molecule has 84 valence electrons. The van der Waals surface area contributed by atoms with Gasteiger partial charge in [-0.05, 0) is 59.0 Å². The second kappa shape index (κ2) is 5.46. The summed E-state index contributed by atoms with van der Waals surface area (Å²) >= 11 is 3.65. The van der Waals surface area contributed by atoms with E-state index in [1.54, 1.807) is 0 Å². The van der Waals surface area contributed by atoms with E-state index in [4.69, 9.17) is 0 Å². The lowest BCUT2D eigenvalue weighted by molar-refractivity contribution is 1.15. The fraction of sp³-hybridized carbons (Fsp3) is 0.286. The summed E-state index contributed by atoms with van der Waals surface area (Å²) in [6, 6.07) is 4.44. The smallest absolute Gasteiger partial charge is 0.0302 e. The molecule has 0 aliphatic heterocycles. The van der Waals surface area contributed by atoms with Crippen LogP contribution in [0.1, 0.15) is 34.7 Å². The zero-order chi connectivity index (χ0) is 11.4. The summed E-state index contributed by atoms with van der Waals surface area (Å²) in [5.74, 6) is 0. The summed E-state index contributed by atoms with van der Waals surface area (Å²) in [6.45, 7) is 4.42. The zero-order valence-electron chi connectivity index (χ0n) is 9.69. The van der Waals surface area contributed by atoms with Gasteiger partial charge in [0.2, 0.25) is 0 Å². The Labute approximate surface area is 105 Å². The third kappa shape index (κ3) is 2.45. The van der Waals surface area contributed by atoms with E-state index in [0.717, 1.165) is 12.8 Å². The first-order valence-electron chi connectivity index (χ1n) is 5.66. The van der Waals surface area contributed by atoms with Gasteiger partial charge < -0.3 is 0 Å². The molecular weight excluding hydrogens is 232 g/mol. The molecule has 2 aromatic rings. The Morgan fingerprint density at radius 1 is 0.875 bits per heavy atom. The minimum atomic E-state index is 1.12. The quantitative estimate of drug-likeness (QED) is 0.705. The summed E-state index contributed by atoms with van der Waals surface area (Å²) in [5.41, 5.74) is 2.91. The molecule has 0 N–H and O–H groups in total. The Morgan fingerprint density at radius 3 is 1.69 bits per heavy atom. The van der Waals surface area contributed by atoms with Crippen LogP contribution < -0.4 is 0 Å². The summed E-state index contributed by atoms with van der Waals surface area (Å²) in [7, 11) is 0. The van der Waals surface area contributed by atoms with Crippen molar-refractivity contribution in [1.82, 2.24) is 0 Å². The van der Waals surface area contributed by atoms with E-state index in [-0.39, 0.29) is 0 Å². The number of thiophene rings is 2. The van der Waals surface area contributed by atoms with Gasteiger partial charge in [0.15, 0.2) is 0 Å². The van der Waals surface area contributed by atoms with Crippen LogP contribution in [0.15, 0.2) is 22.9 Å². The van der Waals surface area contributed by atoms with Crippen molar-refractivity contribution in [1.29, 1.82) is 0 Å². The molecule has 0 saturated heterocycles. The molecule has 0 amide bonds. The van der Waals surface area contributed by atoms with Gasteiger partial charge in [-0.2, -0.15) is 0 Å². The molecule has 2 heterocycles. The second-order valence-corrected chi connectivity index (χ2v) is 5.56. The van der Waals surface area contributed by atoms with Crippen LogP contribution in [0.5, 0.6) is 0 Å². The summed E-state index contributed by atoms with van der Waals surface area (Å²) in [6.07, 6.45) is 6.76. The maximum absolute atomic E-state index is 2.26. The first-order valence-corrected chi connectivity index (χ1v) is 7.41. The number of aryl methyl sites for hydroxylation is 2. The first-order chi connectivity index (χ1) is 7.85. The molecule has 0 saturated carbocycles. The van der Waals surface area contributed by atoms with Gasteiger partial charge in [0.1, 0.15) is 0 Å². The highest BCUT2D eigenvalue weighted by atomic mass is 32.1. The maximum atomic E-state index is 2.26. The molecule has 0 aromatic carbocycles. The van der Waals surface area contributed by atoms with E-state index in [0.29, 0.717) is 0 Å². The molecule has 0 bridgehead atoms. The average molecular weight is 248 g/mol. The van der Waals surface area contributed by atoms with E-state index in [9.17, 15) is 0 Å². The van der Waals surface area contributed by atoms with Crippen LogP contribution in [-0.2, 0) is 12.8 Å². The van der Waals surface area contributed by atoms with Gasteiger partial charge in [-0.1, -0.05) is 13.8 Å². The third-order valence-electron chi connectivity index (χ3n) is 2.71. The van der Waals surface area contributed by atoms with Crippen LogP contribution in [0, 0.1) is 0 Å². The molecule has 0 fully saturated rings. The SMILES string of the molecule is CCc1ccsc1/C=C/c1sccc1CC. The van der Waals surface area contributed by atoms with Crippen LogP contribution in [0.4, 0.5) is 0 Å². The monoisotopic (exact) mass is 248 g/mol. The van der Waals surface area contributed by atoms with Crippen LogP contribution in [0.25, 0.3) is 12.2 Å². The van der Waals surface area contributed by atoms with Crippen molar-refractivity contribution in [2.75, 3.05) is 0 Å². The standard InChI is InChI=1S/C14H16S2/c1-3-11-7-9-15-13(11)5-6-14-12(4-2)8-10-16-14/h5-10H,3-4H2,1-2H3/b6-5+. The van der Waals surface area contributed by atoms with Gasteiger partial charge in [-0.15, -0.1) is 22.7 Å². The molecule has 0 unspecified atom stereocenters. The Kier molecular flexibility index (Phi) is 3.97. The fourth-order valence-electron chi connectivity index (χ4n) is 1.72. The summed E-state index contributed by atoms with van der Waals surface area (Å²) in [5, 5.41) is 4.35. The van der Waals surface area contributed by atoms with Crippen molar-refractivity contribution in [3.63, 3.8) is 0 Å². The first kappa shape index (κ1) is 11.6. The molecular formula is C14H16S2. The third-order valence-corrected chi connectivity index (χ3v) is 4.56. The molecule has 0 aliphatic carbocycles. The topological polar surface area (TPSA) is 0 Å². The molecule has 16 heavy (non-hydrogen) atoms. The molecule has 2 heteroatoms. The maximum Gasteiger partial charge on any atom is 0.0302 e. The fourth-order valence-corrected chi connectivity index (χ4v) is 3.50. The molecule has 0 aliphatic rings. The van der Waals surface area contributed by atoms with Gasteiger partial charge in [0, 0.05) is 9.75 Å². The zero-order valence-corrected chi connectivity index (χ0v) is 11.3. The van der Waals surface area contributed by atoms with Crippen molar-refractivity contribution in [3.8, 4) is 0 Å². The normalized spacial score (nSPS) is 11.4. The van der Waals surface area contributed by atoms with Gasteiger partial charge in [-0.3, -0.25) is 0 Å². The summed E-state index contributed by atoms with van der Waals surface area (Å²) < 4.78 is 0. The van der Waals surface area contributed by atoms with Crippen LogP contribution in [-0.4, -0.2) is 0 Å². The average Bonchev–Trinajstić information content (AvgIpc) is 2.94. The largest absolute Gasteiger partial charge is 0.144 e. The lowest BCUT2D eigenvalue weighted by atomic mass is 10.1. The predicted octanol–water partition coefficient (Wildman–Crippen LogP) is 5.10. The lowest BCUT2D eigenvalue weighted by Crippen LogP contribution is -1.78. The lowest BCUT2D eigenvalue weighted by Gasteiger charge is -1.95. The Morgan fingerprint density at radius 2 is 1.31 bits per heavy atom. The summed E-state index contributed by atoms with van der Waals surface area (Å²) in [4.78, 5) is 2.80. The van der Waals surface area contributed by atoms with Crippen molar-refractivity contribution in [2.24, 2.45) is 0 Å². The van der Waals surface area contributed by atoms with Gasteiger partial charge in [0.05, 0.1) is 0 Å². The van der Waals surface area contributed by atoms with Crippen LogP contribution in [0.3, 0.4) is 0 Å². The Hall–Kier alpha value is -0.860. The van der Waals surface area contributed by atoms with Gasteiger partial charge in [-0.25, -0.2) is 0 Å². The Bertz CT molecular complexity index is 430. The molecule has 0 nitrogen and oxygen atoms in total. The number of hydrogen-bond acceptors (Lipinski definition) is 2. The van der Waals surface area contributed by atoms with E-state index in [1.165, 1.54) is 20.9 Å². The van der Waals surface area contributed by atoms with Crippen molar-refractivity contribution in [3.05, 3.63) is 43.8 Å². The molecule has 0 atom stereocenters. The van der Waals surface area contributed by atoms with Gasteiger partial charge >= 0.3 is 0 Å². The second-order valence-electron chi connectivity index (χ2n) is 3.66. The van der Waals surface area contributed by atoms with Crippen LogP contribution in [0.2, 0.25) is 0 Å². The number of hydrogen-bond donors (Lipinski definition) is 0. The predicted molar refractivity (Wildman–Crippen MR) is 76.3 cm³/mol. The highest BCUT2D eigenvalue weighted by Crippen LogP contribution is 2.24. The molecule has 2 aromatic heterocycles. The van der Waals surface area contributed by atoms with Gasteiger partial charge in [0.25, 0.3) is 0 Å². The number of rotatable bonds is 4. The molecule has 0 radical (unpaired) electrons. The van der Waals surface area contributed by atoms with E-state index >= 15 is 0 Å². The minimum absolute atomic E-state index is 1.12. The molecule has 0 spiro atoms. The molecule has 2 rings (SSSR count). The Balaban J connectivity index is 2.21.